The lowest BCUT2D eigenvalue weighted by molar-refractivity contribution is -0.120. The van der Waals surface area contributed by atoms with Crippen LogP contribution in [0.5, 0.6) is 0 Å². The van der Waals surface area contributed by atoms with E-state index in [4.69, 9.17) is 18.0 Å². The zero-order chi connectivity index (χ0) is 12.0. The third-order valence-electron chi connectivity index (χ3n) is 1.91. The largest absolute Gasteiger partial charge is 0.389 e. The number of nitrogens with one attached hydrogen (secondary N) is 2. The molecule has 16 heavy (non-hydrogen) atoms. The molecule has 0 aliphatic heterocycles. The molecule has 1 heterocycles. The van der Waals surface area contributed by atoms with Crippen LogP contribution >= 0.6 is 12.2 Å². The lowest BCUT2D eigenvalue weighted by atomic mass is 10.2. The summed E-state index contributed by atoms with van der Waals surface area (Å²) >= 11 is 4.87. The summed E-state index contributed by atoms with van der Waals surface area (Å²) in [6, 6.07) is 1.68. The van der Waals surface area contributed by atoms with Crippen molar-refractivity contribution in [2.24, 2.45) is 5.73 Å². The molecule has 0 saturated heterocycles. The van der Waals surface area contributed by atoms with Crippen LogP contribution in [-0.2, 0) is 4.79 Å². The number of amides is 1. The number of hydrogen-bond acceptors (Lipinski definition) is 5. The minimum absolute atomic E-state index is 0.0479. The average molecular weight is 239 g/mol. The van der Waals surface area contributed by atoms with Crippen LogP contribution in [-0.4, -0.2) is 34.7 Å². The predicted molar refractivity (Wildman–Crippen MR) is 65.1 cm³/mol. The maximum Gasteiger partial charge on any atom is 0.221 e. The molecule has 1 rings (SSSR count). The van der Waals surface area contributed by atoms with Crippen LogP contribution in [0.1, 0.15) is 12.0 Å². The number of nitrogens with zero attached hydrogens (tertiary/aromatic N) is 2. The minimum Gasteiger partial charge on any atom is -0.389 e. The number of rotatable bonds is 5. The summed E-state index contributed by atoms with van der Waals surface area (Å²) in [5.41, 5.74) is 6.14. The second kappa shape index (κ2) is 5.96. The Labute approximate surface area is 98.6 Å². The molecule has 4 N–H and O–H groups in total. The number of carbonyl (C=O) groups excluding carboxylic acids is 1. The molecule has 0 aromatic carbocycles. The first-order valence-corrected chi connectivity index (χ1v) is 5.12. The van der Waals surface area contributed by atoms with Crippen molar-refractivity contribution in [3.05, 3.63) is 17.8 Å². The predicted octanol–water partition coefficient (Wildman–Crippen LogP) is -0.341. The molecule has 1 aromatic heterocycles. The van der Waals surface area contributed by atoms with E-state index in [1.54, 1.807) is 13.1 Å². The summed E-state index contributed by atoms with van der Waals surface area (Å²) < 4.78 is 0. The second-order valence-electron chi connectivity index (χ2n) is 3.01. The van der Waals surface area contributed by atoms with Crippen molar-refractivity contribution in [1.29, 1.82) is 0 Å². The van der Waals surface area contributed by atoms with Gasteiger partial charge >= 0.3 is 0 Å². The van der Waals surface area contributed by atoms with E-state index in [1.807, 2.05) is 0 Å². The van der Waals surface area contributed by atoms with E-state index in [-0.39, 0.29) is 10.9 Å². The van der Waals surface area contributed by atoms with Gasteiger partial charge in [-0.2, -0.15) is 5.10 Å². The van der Waals surface area contributed by atoms with E-state index in [0.29, 0.717) is 24.3 Å². The van der Waals surface area contributed by atoms with Crippen LogP contribution in [0.25, 0.3) is 0 Å². The van der Waals surface area contributed by atoms with E-state index in [2.05, 4.69) is 20.8 Å². The Morgan fingerprint density at radius 1 is 1.62 bits per heavy atom. The van der Waals surface area contributed by atoms with E-state index >= 15 is 0 Å². The SMILES string of the molecule is CNC(=O)CCNc1nnccc1C(N)=S. The van der Waals surface area contributed by atoms with Gasteiger partial charge in [0.25, 0.3) is 0 Å². The highest BCUT2D eigenvalue weighted by Gasteiger charge is 2.06. The van der Waals surface area contributed by atoms with Gasteiger partial charge in [-0.3, -0.25) is 4.79 Å². The molecule has 1 amide bonds. The Bertz CT molecular complexity index is 395. The number of nitrogens with two attached hydrogens (primary N) is 1. The van der Waals surface area contributed by atoms with Crippen LogP contribution in [0.2, 0.25) is 0 Å². The quantitative estimate of drug-likeness (QED) is 0.609. The maximum atomic E-state index is 11.0. The van der Waals surface area contributed by atoms with E-state index in [1.165, 1.54) is 6.20 Å². The van der Waals surface area contributed by atoms with Gasteiger partial charge in [-0.25, -0.2) is 0 Å². The zero-order valence-corrected chi connectivity index (χ0v) is 9.67. The second-order valence-corrected chi connectivity index (χ2v) is 3.45. The van der Waals surface area contributed by atoms with Crippen LogP contribution in [0.3, 0.4) is 0 Å². The fraction of sp³-hybridized carbons (Fsp3) is 0.333. The average Bonchev–Trinajstić information content (AvgIpc) is 2.29. The fourth-order valence-corrected chi connectivity index (χ4v) is 1.25. The van der Waals surface area contributed by atoms with Gasteiger partial charge in [-0.05, 0) is 6.07 Å². The van der Waals surface area contributed by atoms with Crippen molar-refractivity contribution >= 4 is 28.9 Å². The van der Waals surface area contributed by atoms with Crippen LogP contribution < -0.4 is 16.4 Å². The van der Waals surface area contributed by atoms with E-state index in [0.717, 1.165) is 0 Å². The monoisotopic (exact) mass is 239 g/mol. The normalized spacial score (nSPS) is 9.56. The molecule has 0 spiro atoms. The molecule has 0 bridgehead atoms. The summed E-state index contributed by atoms with van der Waals surface area (Å²) in [5.74, 6) is 0.451. The van der Waals surface area contributed by atoms with Gasteiger partial charge in [0, 0.05) is 20.0 Å². The Balaban J connectivity index is 2.60. The van der Waals surface area contributed by atoms with Crippen molar-refractivity contribution in [2.75, 3.05) is 18.9 Å². The Morgan fingerprint density at radius 2 is 2.38 bits per heavy atom. The van der Waals surface area contributed by atoms with Gasteiger partial charge in [-0.15, -0.1) is 5.10 Å². The molecule has 0 fully saturated rings. The Hall–Kier alpha value is -1.76. The molecule has 0 aliphatic rings. The molecule has 1 aromatic rings. The van der Waals surface area contributed by atoms with E-state index < -0.39 is 0 Å². The van der Waals surface area contributed by atoms with Gasteiger partial charge in [-0.1, -0.05) is 12.2 Å². The first-order valence-electron chi connectivity index (χ1n) is 4.71. The zero-order valence-electron chi connectivity index (χ0n) is 8.86. The first kappa shape index (κ1) is 12.3. The number of thiocarbonyl (C=S) groups is 1. The Morgan fingerprint density at radius 3 is 3.00 bits per heavy atom. The lowest BCUT2D eigenvalue weighted by Gasteiger charge is -2.08. The van der Waals surface area contributed by atoms with Crippen molar-refractivity contribution < 1.29 is 4.79 Å². The summed E-state index contributed by atoms with van der Waals surface area (Å²) in [5, 5.41) is 13.1. The molecule has 7 heteroatoms. The van der Waals surface area contributed by atoms with Gasteiger partial charge in [0.1, 0.15) is 4.99 Å². The summed E-state index contributed by atoms with van der Waals surface area (Å²) in [4.78, 5) is 11.2. The van der Waals surface area contributed by atoms with Crippen LogP contribution in [0.4, 0.5) is 5.82 Å². The molecule has 6 nitrogen and oxygen atoms in total. The standard InChI is InChI=1S/C9H13N5OS/c1-11-7(15)3-4-12-9-6(8(10)16)2-5-13-14-9/h2,5H,3-4H2,1H3,(H2,10,16)(H,11,15)(H,12,14). The van der Waals surface area contributed by atoms with Crippen molar-refractivity contribution in [3.8, 4) is 0 Å². The molecule has 0 aliphatic carbocycles. The minimum atomic E-state index is -0.0479. The van der Waals surface area contributed by atoms with Crippen LogP contribution in [0.15, 0.2) is 12.3 Å². The van der Waals surface area contributed by atoms with Crippen molar-refractivity contribution in [1.82, 2.24) is 15.5 Å². The van der Waals surface area contributed by atoms with Crippen molar-refractivity contribution in [3.63, 3.8) is 0 Å². The summed E-state index contributed by atoms with van der Waals surface area (Å²) in [6.45, 7) is 0.452. The number of carbonyl (C=O) groups is 1. The lowest BCUT2D eigenvalue weighted by Crippen LogP contribution is -2.22. The highest BCUT2D eigenvalue weighted by atomic mass is 32.1. The summed E-state index contributed by atoms with van der Waals surface area (Å²) in [6.07, 6.45) is 1.86. The van der Waals surface area contributed by atoms with Gasteiger partial charge < -0.3 is 16.4 Å². The third-order valence-corrected chi connectivity index (χ3v) is 2.13. The van der Waals surface area contributed by atoms with Gasteiger partial charge in [0.15, 0.2) is 5.82 Å². The highest BCUT2D eigenvalue weighted by molar-refractivity contribution is 7.80. The van der Waals surface area contributed by atoms with Crippen LogP contribution in [0, 0.1) is 0 Å². The number of anilines is 1. The fourth-order valence-electron chi connectivity index (χ4n) is 1.08. The van der Waals surface area contributed by atoms with Crippen molar-refractivity contribution in [2.45, 2.75) is 6.42 Å². The molecule has 0 saturated carbocycles. The molecule has 0 unspecified atom stereocenters. The highest BCUT2D eigenvalue weighted by Crippen LogP contribution is 2.09. The molecular weight excluding hydrogens is 226 g/mol. The Kier molecular flexibility index (Phi) is 4.59. The maximum absolute atomic E-state index is 11.0. The van der Waals surface area contributed by atoms with Gasteiger partial charge in [0.05, 0.1) is 11.8 Å². The van der Waals surface area contributed by atoms with E-state index in [9.17, 15) is 4.79 Å². The third kappa shape index (κ3) is 3.43. The molecule has 0 radical (unpaired) electrons. The molecular formula is C9H13N5OS. The topological polar surface area (TPSA) is 92.9 Å². The smallest absolute Gasteiger partial charge is 0.221 e. The molecule has 0 atom stereocenters. The number of hydrogen-bond donors (Lipinski definition) is 3. The summed E-state index contributed by atoms with van der Waals surface area (Å²) in [7, 11) is 1.59. The first-order chi connectivity index (χ1) is 7.65. The van der Waals surface area contributed by atoms with Gasteiger partial charge in [0.2, 0.25) is 5.91 Å². The number of aromatic nitrogens is 2. The molecule has 86 valence electrons.